The van der Waals surface area contributed by atoms with Gasteiger partial charge in [0.25, 0.3) is 0 Å². The van der Waals surface area contributed by atoms with Crippen molar-refractivity contribution in [3.05, 3.63) is 58.9 Å². The summed E-state index contributed by atoms with van der Waals surface area (Å²) >= 11 is 5.92. The highest BCUT2D eigenvalue weighted by Gasteiger charge is 2.32. The van der Waals surface area contributed by atoms with E-state index in [4.69, 9.17) is 11.6 Å². The van der Waals surface area contributed by atoms with Gasteiger partial charge in [0.2, 0.25) is 0 Å². The summed E-state index contributed by atoms with van der Waals surface area (Å²) in [5.74, 6) is 0. The minimum Gasteiger partial charge on any atom is -0.254 e. The van der Waals surface area contributed by atoms with Crippen molar-refractivity contribution in [2.24, 2.45) is 0 Å². The van der Waals surface area contributed by atoms with Gasteiger partial charge in [-0.05, 0) is 42.7 Å². The quantitative estimate of drug-likeness (QED) is 0.687. The van der Waals surface area contributed by atoms with Crippen LogP contribution in [0.15, 0.2) is 37.0 Å². The van der Waals surface area contributed by atoms with Gasteiger partial charge in [0.15, 0.2) is 0 Å². The first-order valence-corrected chi connectivity index (χ1v) is 6.57. The Morgan fingerprint density at radius 1 is 1.24 bits per heavy atom. The molecule has 0 atom stereocenters. The number of benzene rings is 1. The lowest BCUT2D eigenvalue weighted by molar-refractivity contribution is -0.138. The number of hydrogen-bond donors (Lipinski definition) is 0. The smallest absolute Gasteiger partial charge is 0.254 e. The van der Waals surface area contributed by atoms with E-state index in [-0.39, 0.29) is 5.56 Å². The summed E-state index contributed by atoms with van der Waals surface area (Å²) in [5, 5.41) is 0.365. The third-order valence-electron chi connectivity index (χ3n) is 3.11. The van der Waals surface area contributed by atoms with E-state index >= 15 is 0 Å². The molecule has 0 unspecified atom stereocenters. The number of aryl methyl sites for hydroxylation is 1. The molecule has 1 heterocycles. The molecule has 2 rings (SSSR count). The van der Waals surface area contributed by atoms with E-state index in [2.05, 4.69) is 11.6 Å². The Bertz CT molecular complexity index is 705. The van der Waals surface area contributed by atoms with E-state index in [9.17, 15) is 13.2 Å². The maximum atomic E-state index is 13.0. The highest BCUT2D eigenvalue weighted by Crippen LogP contribution is 2.36. The average Bonchev–Trinajstić information content (AvgIpc) is 2.37. The van der Waals surface area contributed by atoms with Crippen molar-refractivity contribution >= 4 is 17.2 Å². The maximum absolute atomic E-state index is 13.0. The molecule has 0 saturated heterocycles. The largest absolute Gasteiger partial charge is 0.416 e. The maximum Gasteiger partial charge on any atom is 0.416 e. The van der Waals surface area contributed by atoms with Crippen LogP contribution in [-0.2, 0) is 6.18 Å². The molecule has 0 saturated carbocycles. The molecule has 1 aromatic heterocycles. The van der Waals surface area contributed by atoms with E-state index in [1.807, 2.05) is 0 Å². The summed E-state index contributed by atoms with van der Waals surface area (Å²) in [7, 11) is 0. The number of pyridine rings is 1. The molecular weight excluding hydrogens is 299 g/mol. The Balaban J connectivity index is 2.68. The van der Waals surface area contributed by atoms with E-state index in [1.165, 1.54) is 19.2 Å². The van der Waals surface area contributed by atoms with Crippen molar-refractivity contribution in [1.82, 2.24) is 4.98 Å². The van der Waals surface area contributed by atoms with Crippen LogP contribution in [0.2, 0.25) is 5.02 Å². The van der Waals surface area contributed by atoms with Crippen LogP contribution in [0.5, 0.6) is 0 Å². The van der Waals surface area contributed by atoms with Crippen LogP contribution in [0, 0.1) is 6.92 Å². The van der Waals surface area contributed by atoms with Crippen molar-refractivity contribution in [3.63, 3.8) is 0 Å². The van der Waals surface area contributed by atoms with Crippen molar-refractivity contribution in [2.75, 3.05) is 0 Å². The number of halogens is 4. The van der Waals surface area contributed by atoms with Crippen molar-refractivity contribution < 1.29 is 13.2 Å². The van der Waals surface area contributed by atoms with Gasteiger partial charge in [0.05, 0.1) is 16.3 Å². The van der Waals surface area contributed by atoms with Gasteiger partial charge in [-0.3, -0.25) is 4.98 Å². The summed E-state index contributed by atoms with van der Waals surface area (Å²) in [4.78, 5) is 4.16. The van der Waals surface area contributed by atoms with Crippen LogP contribution < -0.4 is 0 Å². The SMILES string of the molecule is C=C(C)c1ncc(Cl)cc1-c1ccc(C)c(C(F)(F)F)c1. The van der Waals surface area contributed by atoms with Gasteiger partial charge >= 0.3 is 6.18 Å². The normalized spacial score (nSPS) is 11.5. The fourth-order valence-corrected chi connectivity index (χ4v) is 2.25. The van der Waals surface area contributed by atoms with E-state index in [0.29, 0.717) is 27.4 Å². The molecule has 0 aliphatic rings. The molecule has 0 spiro atoms. The fourth-order valence-electron chi connectivity index (χ4n) is 2.09. The summed E-state index contributed by atoms with van der Waals surface area (Å²) in [6.45, 7) is 6.98. The van der Waals surface area contributed by atoms with Crippen molar-refractivity contribution in [2.45, 2.75) is 20.0 Å². The average molecular weight is 312 g/mol. The van der Waals surface area contributed by atoms with Gasteiger partial charge < -0.3 is 0 Å². The lowest BCUT2D eigenvalue weighted by Crippen LogP contribution is -2.07. The van der Waals surface area contributed by atoms with Crippen LogP contribution >= 0.6 is 11.6 Å². The van der Waals surface area contributed by atoms with Crippen LogP contribution in [0.3, 0.4) is 0 Å². The van der Waals surface area contributed by atoms with Crippen molar-refractivity contribution in [1.29, 1.82) is 0 Å². The zero-order valence-electron chi connectivity index (χ0n) is 11.6. The fraction of sp³-hybridized carbons (Fsp3) is 0.188. The second-order valence-electron chi connectivity index (χ2n) is 4.86. The standard InChI is InChI=1S/C16H13ClF3N/c1-9(2)15-13(7-12(17)8-21-15)11-5-4-10(3)14(6-11)16(18,19)20/h4-8H,1H2,2-3H3. The zero-order chi connectivity index (χ0) is 15.8. The molecule has 5 heteroatoms. The first-order chi connectivity index (χ1) is 9.70. The van der Waals surface area contributed by atoms with Gasteiger partial charge in [-0.2, -0.15) is 13.2 Å². The second kappa shape index (κ2) is 5.53. The molecule has 1 aromatic carbocycles. The van der Waals surface area contributed by atoms with Gasteiger partial charge in [-0.1, -0.05) is 30.3 Å². The van der Waals surface area contributed by atoms with E-state index in [0.717, 1.165) is 6.07 Å². The Kier molecular flexibility index (Phi) is 4.10. The molecular formula is C16H13ClF3N. The number of hydrogen-bond acceptors (Lipinski definition) is 1. The molecule has 0 aliphatic heterocycles. The van der Waals surface area contributed by atoms with Gasteiger partial charge in [0, 0.05) is 11.8 Å². The number of aromatic nitrogens is 1. The number of rotatable bonds is 2. The zero-order valence-corrected chi connectivity index (χ0v) is 12.3. The molecule has 110 valence electrons. The summed E-state index contributed by atoms with van der Waals surface area (Å²) in [6, 6.07) is 5.80. The summed E-state index contributed by atoms with van der Waals surface area (Å²) in [6.07, 6.45) is -2.94. The molecule has 0 fully saturated rings. The minimum absolute atomic E-state index is 0.179. The number of alkyl halides is 3. The predicted octanol–water partition coefficient (Wildman–Crippen LogP) is 5.76. The summed E-state index contributed by atoms with van der Waals surface area (Å²) < 4.78 is 39.1. The Labute approximate surface area is 126 Å². The molecule has 0 bridgehead atoms. The van der Waals surface area contributed by atoms with Crippen LogP contribution in [0.25, 0.3) is 16.7 Å². The van der Waals surface area contributed by atoms with Crippen LogP contribution in [0.4, 0.5) is 13.2 Å². The van der Waals surface area contributed by atoms with Crippen molar-refractivity contribution in [3.8, 4) is 11.1 Å². The van der Waals surface area contributed by atoms with Crippen LogP contribution in [0.1, 0.15) is 23.7 Å². The molecule has 0 N–H and O–H groups in total. The Morgan fingerprint density at radius 3 is 2.48 bits per heavy atom. The topological polar surface area (TPSA) is 12.9 Å². The molecule has 0 radical (unpaired) electrons. The molecule has 21 heavy (non-hydrogen) atoms. The third-order valence-corrected chi connectivity index (χ3v) is 3.32. The molecule has 2 aromatic rings. The minimum atomic E-state index is -4.39. The first-order valence-electron chi connectivity index (χ1n) is 6.20. The first kappa shape index (κ1) is 15.6. The molecule has 0 aliphatic carbocycles. The van der Waals surface area contributed by atoms with Crippen LogP contribution in [-0.4, -0.2) is 4.98 Å². The lowest BCUT2D eigenvalue weighted by Gasteiger charge is -2.14. The highest BCUT2D eigenvalue weighted by atomic mass is 35.5. The van der Waals surface area contributed by atoms with Gasteiger partial charge in [0.1, 0.15) is 0 Å². The monoisotopic (exact) mass is 311 g/mol. The lowest BCUT2D eigenvalue weighted by atomic mass is 9.96. The van der Waals surface area contributed by atoms with Gasteiger partial charge in [-0.15, -0.1) is 0 Å². The Morgan fingerprint density at radius 2 is 1.90 bits per heavy atom. The molecule has 0 amide bonds. The Hall–Kier alpha value is -1.81. The number of nitrogens with zero attached hydrogens (tertiary/aromatic N) is 1. The van der Waals surface area contributed by atoms with E-state index < -0.39 is 11.7 Å². The second-order valence-corrected chi connectivity index (χ2v) is 5.29. The van der Waals surface area contributed by atoms with Gasteiger partial charge in [-0.25, -0.2) is 0 Å². The van der Waals surface area contributed by atoms with E-state index in [1.54, 1.807) is 19.1 Å². The number of allylic oxidation sites excluding steroid dienone is 1. The molecule has 1 nitrogen and oxygen atoms in total. The predicted molar refractivity (Wildman–Crippen MR) is 79.1 cm³/mol. The third kappa shape index (κ3) is 3.27. The highest BCUT2D eigenvalue weighted by molar-refractivity contribution is 6.30. The summed E-state index contributed by atoms with van der Waals surface area (Å²) in [5.41, 5.74) is 1.68.